The summed E-state index contributed by atoms with van der Waals surface area (Å²) < 4.78 is 5.48. The van der Waals surface area contributed by atoms with E-state index in [2.05, 4.69) is 6.58 Å². The van der Waals surface area contributed by atoms with E-state index in [1.54, 1.807) is 49.1 Å². The van der Waals surface area contributed by atoms with E-state index in [9.17, 15) is 19.5 Å². The summed E-state index contributed by atoms with van der Waals surface area (Å²) in [6.45, 7) is 7.92. The molecule has 2 atom stereocenters. The first-order valence-electron chi connectivity index (χ1n) is 9.50. The van der Waals surface area contributed by atoms with Gasteiger partial charge in [-0.3, -0.25) is 14.5 Å². The summed E-state index contributed by atoms with van der Waals surface area (Å²) in [6.07, 6.45) is 1.89. The van der Waals surface area contributed by atoms with Gasteiger partial charge in [0, 0.05) is 30.3 Å². The van der Waals surface area contributed by atoms with Crippen molar-refractivity contribution in [3.8, 4) is 0 Å². The Bertz CT molecular complexity index is 1040. The predicted octanol–water partition coefficient (Wildman–Crippen LogP) is 3.13. The summed E-state index contributed by atoms with van der Waals surface area (Å²) in [5.41, 5.74) is 2.09. The maximum Gasteiger partial charge on any atom is 0.326 e. The fraction of sp³-hybridized carbons (Fsp3) is 0.318. The van der Waals surface area contributed by atoms with Crippen LogP contribution in [0.3, 0.4) is 0 Å². The van der Waals surface area contributed by atoms with Crippen molar-refractivity contribution in [3.05, 3.63) is 65.1 Å². The van der Waals surface area contributed by atoms with Crippen molar-refractivity contribution >= 4 is 23.5 Å². The summed E-state index contributed by atoms with van der Waals surface area (Å²) in [5, 5.41) is 9.91. The van der Waals surface area contributed by atoms with Gasteiger partial charge in [-0.15, -0.1) is 6.58 Å². The maximum absolute atomic E-state index is 13.4. The van der Waals surface area contributed by atoms with Crippen LogP contribution in [0.4, 0.5) is 5.69 Å². The zero-order valence-corrected chi connectivity index (χ0v) is 16.3. The second-order valence-corrected chi connectivity index (χ2v) is 7.53. The van der Waals surface area contributed by atoms with Gasteiger partial charge in [0.15, 0.2) is 0 Å². The van der Waals surface area contributed by atoms with Crippen molar-refractivity contribution in [2.75, 3.05) is 18.0 Å². The summed E-state index contributed by atoms with van der Waals surface area (Å²) in [6, 6.07) is 5.74. The molecular formula is C22H22N2O5. The molecule has 150 valence electrons. The van der Waals surface area contributed by atoms with Crippen molar-refractivity contribution in [2.45, 2.75) is 32.2 Å². The lowest BCUT2D eigenvalue weighted by atomic mass is 9.79. The molecule has 29 heavy (non-hydrogen) atoms. The van der Waals surface area contributed by atoms with Gasteiger partial charge in [0.1, 0.15) is 17.6 Å². The normalized spacial score (nSPS) is 20.4. The molecule has 2 aliphatic heterocycles. The number of amides is 2. The van der Waals surface area contributed by atoms with E-state index in [4.69, 9.17) is 4.42 Å². The second-order valence-electron chi connectivity index (χ2n) is 7.53. The zero-order chi connectivity index (χ0) is 20.9. The number of nitrogens with zero attached hydrogens (tertiary/aromatic N) is 2. The molecule has 0 saturated carbocycles. The van der Waals surface area contributed by atoms with E-state index in [1.165, 1.54) is 4.90 Å². The molecule has 1 N–H and O–H groups in total. The first kappa shape index (κ1) is 19.0. The van der Waals surface area contributed by atoms with Crippen LogP contribution < -0.4 is 4.90 Å². The van der Waals surface area contributed by atoms with Gasteiger partial charge < -0.3 is 14.4 Å². The Labute approximate surface area is 168 Å². The number of hydrogen-bond donors (Lipinski definition) is 1. The van der Waals surface area contributed by atoms with Crippen molar-refractivity contribution < 1.29 is 23.9 Å². The number of benzene rings is 1. The topological polar surface area (TPSA) is 91.1 Å². The highest BCUT2D eigenvalue weighted by atomic mass is 16.4. The van der Waals surface area contributed by atoms with Crippen LogP contribution in [0.15, 0.2) is 41.3 Å². The monoisotopic (exact) mass is 394 g/mol. The van der Waals surface area contributed by atoms with Gasteiger partial charge >= 0.3 is 5.97 Å². The van der Waals surface area contributed by atoms with Gasteiger partial charge in [-0.25, -0.2) is 4.79 Å². The van der Waals surface area contributed by atoms with E-state index in [0.717, 1.165) is 5.56 Å². The van der Waals surface area contributed by atoms with Crippen molar-refractivity contribution in [1.82, 2.24) is 4.90 Å². The molecule has 4 rings (SSSR count). The lowest BCUT2D eigenvalue weighted by molar-refractivity contribution is -0.138. The lowest BCUT2D eigenvalue weighted by Crippen LogP contribution is -2.52. The number of hydrogen-bond acceptors (Lipinski definition) is 4. The molecule has 7 nitrogen and oxygen atoms in total. The number of anilines is 1. The van der Waals surface area contributed by atoms with Crippen LogP contribution in [0.25, 0.3) is 0 Å². The Kier molecular flexibility index (Phi) is 4.53. The van der Waals surface area contributed by atoms with Gasteiger partial charge in [-0.05, 0) is 44.0 Å². The molecule has 2 aromatic rings. The molecule has 0 unspecified atom stereocenters. The van der Waals surface area contributed by atoms with E-state index in [0.29, 0.717) is 41.4 Å². The maximum atomic E-state index is 13.4. The molecule has 2 aliphatic rings. The number of aliphatic carboxylic acids is 1. The van der Waals surface area contributed by atoms with E-state index in [1.807, 2.05) is 0 Å². The third-order valence-electron chi connectivity index (χ3n) is 5.65. The molecule has 3 heterocycles. The number of carboxylic acid groups (broad SMARTS) is 1. The van der Waals surface area contributed by atoms with Crippen LogP contribution in [0.5, 0.6) is 0 Å². The van der Waals surface area contributed by atoms with Crippen molar-refractivity contribution in [1.29, 1.82) is 0 Å². The molecule has 0 spiro atoms. The molecule has 1 aromatic heterocycles. The first-order chi connectivity index (χ1) is 13.8. The molecule has 0 saturated heterocycles. The quantitative estimate of drug-likeness (QED) is 0.805. The minimum atomic E-state index is -1.07. The van der Waals surface area contributed by atoms with Crippen LogP contribution in [-0.2, 0) is 4.79 Å². The highest BCUT2D eigenvalue weighted by Gasteiger charge is 2.45. The number of rotatable bonds is 4. The van der Waals surface area contributed by atoms with Gasteiger partial charge in [0.25, 0.3) is 11.8 Å². The van der Waals surface area contributed by atoms with Gasteiger partial charge in [0.2, 0.25) is 0 Å². The van der Waals surface area contributed by atoms with Gasteiger partial charge in [-0.1, -0.05) is 12.1 Å². The summed E-state index contributed by atoms with van der Waals surface area (Å²) >= 11 is 0. The summed E-state index contributed by atoms with van der Waals surface area (Å²) in [4.78, 5) is 41.4. The zero-order valence-electron chi connectivity index (χ0n) is 16.3. The number of aryl methyl sites for hydroxylation is 2. The average molecular weight is 394 g/mol. The van der Waals surface area contributed by atoms with Crippen LogP contribution in [0.1, 0.15) is 50.1 Å². The van der Waals surface area contributed by atoms with Crippen molar-refractivity contribution in [3.63, 3.8) is 0 Å². The van der Waals surface area contributed by atoms with Crippen molar-refractivity contribution in [2.24, 2.45) is 0 Å². The Hall–Kier alpha value is -3.35. The Morgan fingerprint density at radius 1 is 1.34 bits per heavy atom. The van der Waals surface area contributed by atoms with E-state index >= 15 is 0 Å². The predicted molar refractivity (Wildman–Crippen MR) is 106 cm³/mol. The average Bonchev–Trinajstić information content (AvgIpc) is 3.03. The third kappa shape index (κ3) is 2.93. The number of carbonyl (C=O) groups excluding carboxylic acids is 2. The SMILES string of the molecule is C=CCN1C[C@@H]2C[C@@H](C(=O)O)N(C(=O)c3cc(C)oc3C)c3cccc(c32)C1=O. The highest BCUT2D eigenvalue weighted by Crippen LogP contribution is 2.44. The lowest BCUT2D eigenvalue weighted by Gasteiger charge is -2.43. The molecule has 0 fully saturated rings. The molecule has 1 aromatic carbocycles. The van der Waals surface area contributed by atoms with Crippen LogP contribution in [0.2, 0.25) is 0 Å². The molecule has 0 radical (unpaired) electrons. The van der Waals surface area contributed by atoms with Crippen LogP contribution in [0, 0.1) is 13.8 Å². The van der Waals surface area contributed by atoms with Crippen LogP contribution in [-0.4, -0.2) is 46.9 Å². The second kappa shape index (κ2) is 6.92. The fourth-order valence-electron chi connectivity index (χ4n) is 4.47. The molecule has 0 bridgehead atoms. The standard InChI is InChI=1S/C22H22N2O5/c1-4-8-23-11-14-10-18(22(27)28)24(21(26)16-9-12(2)29-13(16)3)17-7-5-6-15(19(14)17)20(23)25/h4-7,9,14,18H,1,8,10-11H2,2-3H3,(H,27,28)/t14-,18-/m0/s1. The fourth-order valence-corrected chi connectivity index (χ4v) is 4.47. The minimum Gasteiger partial charge on any atom is -0.480 e. The Morgan fingerprint density at radius 2 is 2.10 bits per heavy atom. The number of furan rings is 1. The molecular weight excluding hydrogens is 372 g/mol. The number of carbonyl (C=O) groups is 3. The van der Waals surface area contributed by atoms with Gasteiger partial charge in [-0.2, -0.15) is 0 Å². The Morgan fingerprint density at radius 3 is 2.72 bits per heavy atom. The van der Waals surface area contributed by atoms with Gasteiger partial charge in [0.05, 0.1) is 5.56 Å². The summed E-state index contributed by atoms with van der Waals surface area (Å²) in [7, 11) is 0. The Balaban J connectivity index is 1.87. The highest BCUT2D eigenvalue weighted by molar-refractivity contribution is 6.12. The third-order valence-corrected chi connectivity index (χ3v) is 5.65. The number of carboxylic acids is 1. The van der Waals surface area contributed by atoms with E-state index in [-0.39, 0.29) is 18.2 Å². The molecule has 0 aliphatic carbocycles. The van der Waals surface area contributed by atoms with Crippen LogP contribution >= 0.6 is 0 Å². The largest absolute Gasteiger partial charge is 0.480 e. The molecule has 7 heteroatoms. The summed E-state index contributed by atoms with van der Waals surface area (Å²) in [5.74, 6) is -0.764. The smallest absolute Gasteiger partial charge is 0.326 e. The first-order valence-corrected chi connectivity index (χ1v) is 9.50. The molecule has 2 amide bonds. The minimum absolute atomic E-state index is 0.130. The van der Waals surface area contributed by atoms with E-state index < -0.39 is 17.9 Å².